The van der Waals surface area contributed by atoms with Gasteiger partial charge in [-0.25, -0.2) is 0 Å². The first-order valence-corrected chi connectivity index (χ1v) is 6.38. The molecule has 0 aromatic heterocycles. The summed E-state index contributed by atoms with van der Waals surface area (Å²) in [6.45, 7) is 10.8. The van der Waals surface area contributed by atoms with Crippen LogP contribution in [0.3, 0.4) is 0 Å². The molecule has 0 bridgehead atoms. The van der Waals surface area contributed by atoms with Gasteiger partial charge in [-0.2, -0.15) is 0 Å². The van der Waals surface area contributed by atoms with E-state index in [0.717, 1.165) is 25.7 Å². The Kier molecular flexibility index (Phi) is 6.28. The van der Waals surface area contributed by atoms with E-state index in [1.165, 1.54) is 19.5 Å². The van der Waals surface area contributed by atoms with Crippen LogP contribution in [-0.2, 0) is 4.74 Å². The van der Waals surface area contributed by atoms with Crippen molar-refractivity contribution >= 4 is 0 Å². The molecule has 0 aliphatic carbocycles. The molecule has 0 amide bonds. The zero-order valence-electron chi connectivity index (χ0n) is 11.0. The van der Waals surface area contributed by atoms with Gasteiger partial charge in [-0.15, -0.1) is 0 Å². The molecule has 0 saturated carbocycles. The molecule has 2 N–H and O–H groups in total. The SMILES string of the molecule is CCC(C)N1CCN(CC(N)COC)CC1. The predicted molar refractivity (Wildman–Crippen MR) is 67.6 cm³/mol. The van der Waals surface area contributed by atoms with Crippen LogP contribution in [0, 0.1) is 0 Å². The number of nitrogens with zero attached hydrogens (tertiary/aromatic N) is 2. The first-order chi connectivity index (χ1) is 7.67. The van der Waals surface area contributed by atoms with E-state index < -0.39 is 0 Å². The molecule has 4 heteroatoms. The van der Waals surface area contributed by atoms with E-state index in [0.29, 0.717) is 6.61 Å². The van der Waals surface area contributed by atoms with Gasteiger partial charge in [-0.3, -0.25) is 9.80 Å². The molecular formula is C12H27N3O. The standard InChI is InChI=1S/C12H27N3O/c1-4-11(2)15-7-5-14(6-8-15)9-12(13)10-16-3/h11-12H,4-10,13H2,1-3H3. The van der Waals surface area contributed by atoms with E-state index in [4.69, 9.17) is 10.5 Å². The van der Waals surface area contributed by atoms with Crippen molar-refractivity contribution in [2.45, 2.75) is 32.4 Å². The lowest BCUT2D eigenvalue weighted by molar-refractivity contribution is 0.0855. The average molecular weight is 229 g/mol. The zero-order valence-corrected chi connectivity index (χ0v) is 11.0. The van der Waals surface area contributed by atoms with Crippen LogP contribution >= 0.6 is 0 Å². The Morgan fingerprint density at radius 2 is 1.88 bits per heavy atom. The Labute approximate surface area is 99.7 Å². The first kappa shape index (κ1) is 13.9. The van der Waals surface area contributed by atoms with Gasteiger partial charge in [0.2, 0.25) is 0 Å². The van der Waals surface area contributed by atoms with Gasteiger partial charge in [0, 0.05) is 51.9 Å². The molecule has 0 spiro atoms. The van der Waals surface area contributed by atoms with Crippen molar-refractivity contribution in [1.82, 2.24) is 9.80 Å². The molecule has 16 heavy (non-hydrogen) atoms. The number of ether oxygens (including phenoxy) is 1. The number of methoxy groups -OCH3 is 1. The second-order valence-electron chi connectivity index (χ2n) is 4.81. The molecule has 0 aromatic rings. The second-order valence-corrected chi connectivity index (χ2v) is 4.81. The van der Waals surface area contributed by atoms with Gasteiger partial charge in [0.05, 0.1) is 6.61 Å². The molecule has 1 aliphatic heterocycles. The number of nitrogens with two attached hydrogens (primary N) is 1. The Morgan fingerprint density at radius 3 is 2.38 bits per heavy atom. The zero-order chi connectivity index (χ0) is 12.0. The van der Waals surface area contributed by atoms with Crippen molar-refractivity contribution in [3.63, 3.8) is 0 Å². The third-order valence-electron chi connectivity index (χ3n) is 3.49. The Bertz CT molecular complexity index is 181. The van der Waals surface area contributed by atoms with Gasteiger partial charge < -0.3 is 10.5 Å². The summed E-state index contributed by atoms with van der Waals surface area (Å²) in [7, 11) is 1.71. The predicted octanol–water partition coefficient (Wildman–Crippen LogP) is 0.376. The fourth-order valence-corrected chi connectivity index (χ4v) is 2.24. The van der Waals surface area contributed by atoms with Crippen LogP contribution in [0.25, 0.3) is 0 Å². The smallest absolute Gasteiger partial charge is 0.0626 e. The summed E-state index contributed by atoms with van der Waals surface area (Å²) < 4.78 is 5.06. The summed E-state index contributed by atoms with van der Waals surface area (Å²) in [6, 6.07) is 0.870. The summed E-state index contributed by atoms with van der Waals surface area (Å²) in [6.07, 6.45) is 1.24. The highest BCUT2D eigenvalue weighted by Gasteiger charge is 2.20. The molecule has 0 radical (unpaired) electrons. The van der Waals surface area contributed by atoms with Crippen LogP contribution in [0.2, 0.25) is 0 Å². The number of hydrogen-bond acceptors (Lipinski definition) is 4. The fraction of sp³-hybridized carbons (Fsp3) is 1.00. The quantitative estimate of drug-likeness (QED) is 0.715. The first-order valence-electron chi connectivity index (χ1n) is 6.38. The van der Waals surface area contributed by atoms with Gasteiger partial charge in [0.25, 0.3) is 0 Å². The molecule has 2 atom stereocenters. The summed E-state index contributed by atoms with van der Waals surface area (Å²) in [5, 5.41) is 0. The van der Waals surface area contributed by atoms with Crippen molar-refractivity contribution in [2.75, 3.05) is 46.4 Å². The van der Waals surface area contributed by atoms with E-state index in [2.05, 4.69) is 23.6 Å². The van der Waals surface area contributed by atoms with Crippen molar-refractivity contribution in [1.29, 1.82) is 0 Å². The second kappa shape index (κ2) is 7.22. The average Bonchev–Trinajstić information content (AvgIpc) is 2.29. The minimum Gasteiger partial charge on any atom is -0.383 e. The van der Waals surface area contributed by atoms with Gasteiger partial charge in [0.1, 0.15) is 0 Å². The Hall–Kier alpha value is -0.160. The van der Waals surface area contributed by atoms with Crippen LogP contribution in [0.1, 0.15) is 20.3 Å². The lowest BCUT2D eigenvalue weighted by Gasteiger charge is -2.38. The van der Waals surface area contributed by atoms with E-state index in [-0.39, 0.29) is 6.04 Å². The van der Waals surface area contributed by atoms with Gasteiger partial charge in [0.15, 0.2) is 0 Å². The molecule has 96 valence electrons. The van der Waals surface area contributed by atoms with E-state index >= 15 is 0 Å². The van der Waals surface area contributed by atoms with Crippen LogP contribution in [-0.4, -0.2) is 68.3 Å². The van der Waals surface area contributed by atoms with Gasteiger partial charge in [-0.05, 0) is 13.3 Å². The summed E-state index contributed by atoms with van der Waals surface area (Å²) >= 11 is 0. The third-order valence-corrected chi connectivity index (χ3v) is 3.49. The van der Waals surface area contributed by atoms with Crippen molar-refractivity contribution < 1.29 is 4.74 Å². The maximum absolute atomic E-state index is 5.96. The number of hydrogen-bond donors (Lipinski definition) is 1. The topological polar surface area (TPSA) is 41.7 Å². The third kappa shape index (κ3) is 4.37. The van der Waals surface area contributed by atoms with Gasteiger partial charge >= 0.3 is 0 Å². The minimum atomic E-state index is 0.153. The Balaban J connectivity index is 2.21. The highest BCUT2D eigenvalue weighted by Crippen LogP contribution is 2.08. The maximum atomic E-state index is 5.96. The lowest BCUT2D eigenvalue weighted by Crippen LogP contribution is -2.52. The van der Waals surface area contributed by atoms with Crippen LogP contribution < -0.4 is 5.73 Å². The molecule has 1 heterocycles. The van der Waals surface area contributed by atoms with Crippen LogP contribution in [0.5, 0.6) is 0 Å². The molecular weight excluding hydrogens is 202 g/mol. The van der Waals surface area contributed by atoms with E-state index in [1.807, 2.05) is 0 Å². The highest BCUT2D eigenvalue weighted by atomic mass is 16.5. The number of rotatable bonds is 6. The Morgan fingerprint density at radius 1 is 1.25 bits per heavy atom. The van der Waals surface area contributed by atoms with Crippen LogP contribution in [0.4, 0.5) is 0 Å². The fourth-order valence-electron chi connectivity index (χ4n) is 2.24. The monoisotopic (exact) mass is 229 g/mol. The molecule has 1 rings (SSSR count). The summed E-state index contributed by atoms with van der Waals surface area (Å²) in [4.78, 5) is 5.01. The lowest BCUT2D eigenvalue weighted by atomic mass is 10.2. The molecule has 2 unspecified atom stereocenters. The van der Waals surface area contributed by atoms with Gasteiger partial charge in [-0.1, -0.05) is 6.92 Å². The molecule has 0 aromatic carbocycles. The van der Waals surface area contributed by atoms with E-state index in [1.54, 1.807) is 7.11 Å². The molecule has 1 saturated heterocycles. The minimum absolute atomic E-state index is 0.153. The molecule has 1 aliphatic rings. The van der Waals surface area contributed by atoms with Crippen molar-refractivity contribution in [3.8, 4) is 0 Å². The largest absolute Gasteiger partial charge is 0.383 e. The maximum Gasteiger partial charge on any atom is 0.0626 e. The van der Waals surface area contributed by atoms with Crippen LogP contribution in [0.15, 0.2) is 0 Å². The molecule has 4 nitrogen and oxygen atoms in total. The highest BCUT2D eigenvalue weighted by molar-refractivity contribution is 4.78. The number of piperazine rings is 1. The summed E-state index contributed by atoms with van der Waals surface area (Å²) in [5.74, 6) is 0. The summed E-state index contributed by atoms with van der Waals surface area (Å²) in [5.41, 5.74) is 5.96. The van der Waals surface area contributed by atoms with E-state index in [9.17, 15) is 0 Å². The normalized spacial score (nSPS) is 23.2. The van der Waals surface area contributed by atoms with Crippen molar-refractivity contribution in [3.05, 3.63) is 0 Å². The molecule has 1 fully saturated rings. The van der Waals surface area contributed by atoms with Crippen molar-refractivity contribution in [2.24, 2.45) is 5.73 Å².